The van der Waals surface area contributed by atoms with Gasteiger partial charge in [-0.2, -0.15) is 5.10 Å². The van der Waals surface area contributed by atoms with Crippen molar-refractivity contribution in [2.24, 2.45) is 5.10 Å². The SMILES string of the molecule is COc1cc2c(cc1OC)-c1[nH]c3ccc(OCCN(C)C)cc3c1/C2=N\Nc1ccccc1. The van der Waals surface area contributed by atoms with Crippen LogP contribution in [0, 0.1) is 0 Å². The van der Waals surface area contributed by atoms with Crippen molar-refractivity contribution in [2.75, 3.05) is 46.9 Å². The topological polar surface area (TPSA) is 71.1 Å². The zero-order valence-electron chi connectivity index (χ0n) is 19.8. The number of hydrogen-bond acceptors (Lipinski definition) is 6. The molecule has 0 unspecified atom stereocenters. The minimum absolute atomic E-state index is 0.621. The van der Waals surface area contributed by atoms with Crippen LogP contribution in [0.25, 0.3) is 22.2 Å². The molecule has 174 valence electrons. The van der Waals surface area contributed by atoms with Gasteiger partial charge in [-0.05, 0) is 56.6 Å². The van der Waals surface area contributed by atoms with Crippen LogP contribution in [0.3, 0.4) is 0 Å². The number of ether oxygens (including phenoxy) is 3. The molecule has 0 atom stereocenters. The number of hydrogen-bond donors (Lipinski definition) is 2. The first kappa shape index (κ1) is 21.9. The summed E-state index contributed by atoms with van der Waals surface area (Å²) in [6.45, 7) is 1.47. The Bertz CT molecular complexity index is 1360. The van der Waals surface area contributed by atoms with Crippen molar-refractivity contribution in [3.63, 3.8) is 0 Å². The van der Waals surface area contributed by atoms with Crippen molar-refractivity contribution >= 4 is 22.3 Å². The number of methoxy groups -OCH3 is 2. The van der Waals surface area contributed by atoms with Gasteiger partial charge in [0.25, 0.3) is 0 Å². The maximum absolute atomic E-state index is 6.02. The van der Waals surface area contributed by atoms with Crippen LogP contribution >= 0.6 is 0 Å². The maximum atomic E-state index is 6.02. The Kier molecular flexibility index (Phi) is 5.86. The van der Waals surface area contributed by atoms with E-state index in [9.17, 15) is 0 Å². The molecule has 0 radical (unpaired) electrons. The average molecular weight is 457 g/mol. The summed E-state index contributed by atoms with van der Waals surface area (Å²) in [7, 11) is 7.36. The van der Waals surface area contributed by atoms with Gasteiger partial charge in [-0.15, -0.1) is 0 Å². The highest BCUT2D eigenvalue weighted by molar-refractivity contribution is 6.30. The van der Waals surface area contributed by atoms with E-state index in [0.717, 1.165) is 57.0 Å². The van der Waals surface area contributed by atoms with Gasteiger partial charge in [0.2, 0.25) is 0 Å². The smallest absolute Gasteiger partial charge is 0.161 e. The van der Waals surface area contributed by atoms with E-state index in [2.05, 4.69) is 27.4 Å². The molecule has 4 aromatic rings. The molecule has 1 aliphatic rings. The van der Waals surface area contributed by atoms with Crippen LogP contribution in [-0.2, 0) is 0 Å². The Morgan fingerprint density at radius 3 is 2.35 bits per heavy atom. The van der Waals surface area contributed by atoms with Crippen LogP contribution in [0.15, 0.2) is 65.8 Å². The van der Waals surface area contributed by atoms with Gasteiger partial charge in [-0.25, -0.2) is 0 Å². The summed E-state index contributed by atoms with van der Waals surface area (Å²) in [6.07, 6.45) is 0. The highest BCUT2D eigenvalue weighted by atomic mass is 16.5. The van der Waals surface area contributed by atoms with Crippen LogP contribution in [0.1, 0.15) is 11.1 Å². The predicted molar refractivity (Wildman–Crippen MR) is 137 cm³/mol. The van der Waals surface area contributed by atoms with Gasteiger partial charge in [0.15, 0.2) is 11.5 Å². The summed E-state index contributed by atoms with van der Waals surface area (Å²) >= 11 is 0. The summed E-state index contributed by atoms with van der Waals surface area (Å²) in [4.78, 5) is 5.68. The summed E-state index contributed by atoms with van der Waals surface area (Å²) < 4.78 is 17.2. The monoisotopic (exact) mass is 456 g/mol. The maximum Gasteiger partial charge on any atom is 0.161 e. The lowest BCUT2D eigenvalue weighted by Crippen LogP contribution is -2.19. The van der Waals surface area contributed by atoms with E-state index in [-0.39, 0.29) is 0 Å². The van der Waals surface area contributed by atoms with E-state index in [0.29, 0.717) is 18.1 Å². The number of nitrogens with zero attached hydrogens (tertiary/aromatic N) is 2. The molecule has 34 heavy (non-hydrogen) atoms. The number of aromatic amines is 1. The Labute approximate surface area is 199 Å². The molecule has 0 bridgehead atoms. The largest absolute Gasteiger partial charge is 0.493 e. The van der Waals surface area contributed by atoms with Crippen molar-refractivity contribution in [1.29, 1.82) is 0 Å². The Hall–Kier alpha value is -3.97. The van der Waals surface area contributed by atoms with E-state index in [1.54, 1.807) is 14.2 Å². The predicted octanol–water partition coefficient (Wildman–Crippen LogP) is 4.97. The Morgan fingerprint density at radius 2 is 1.65 bits per heavy atom. The van der Waals surface area contributed by atoms with Crippen molar-refractivity contribution < 1.29 is 14.2 Å². The van der Waals surface area contributed by atoms with E-state index in [4.69, 9.17) is 19.3 Å². The zero-order chi connectivity index (χ0) is 23.7. The number of nitrogens with one attached hydrogen (secondary N) is 2. The molecule has 0 fully saturated rings. The van der Waals surface area contributed by atoms with Gasteiger partial charge in [0, 0.05) is 34.1 Å². The van der Waals surface area contributed by atoms with E-state index >= 15 is 0 Å². The first-order valence-corrected chi connectivity index (χ1v) is 11.2. The third-order valence-electron chi connectivity index (χ3n) is 5.93. The molecule has 0 saturated heterocycles. The highest BCUT2D eigenvalue weighted by Crippen LogP contribution is 2.45. The Balaban J connectivity index is 1.64. The highest BCUT2D eigenvalue weighted by Gasteiger charge is 2.31. The summed E-state index contributed by atoms with van der Waals surface area (Å²) in [5.41, 5.74) is 10.0. The molecule has 7 nitrogen and oxygen atoms in total. The molecule has 3 aromatic carbocycles. The van der Waals surface area contributed by atoms with E-state index in [1.807, 2.05) is 62.6 Å². The summed E-state index contributed by atoms with van der Waals surface area (Å²) in [5, 5.41) is 5.90. The van der Waals surface area contributed by atoms with Crippen LogP contribution in [0.4, 0.5) is 5.69 Å². The number of fused-ring (bicyclic) bond motifs is 5. The van der Waals surface area contributed by atoms with Crippen molar-refractivity contribution in [3.8, 4) is 28.5 Å². The average Bonchev–Trinajstić information content (AvgIpc) is 3.36. The first-order chi connectivity index (χ1) is 16.6. The van der Waals surface area contributed by atoms with E-state index < -0.39 is 0 Å². The second-order valence-corrected chi connectivity index (χ2v) is 8.43. The van der Waals surface area contributed by atoms with Gasteiger partial charge in [0.05, 0.1) is 25.6 Å². The molecule has 2 N–H and O–H groups in total. The molecular formula is C27H28N4O3. The molecule has 5 rings (SSSR count). The molecule has 0 spiro atoms. The first-order valence-electron chi connectivity index (χ1n) is 11.2. The molecule has 1 aromatic heterocycles. The summed E-state index contributed by atoms with van der Waals surface area (Å²) in [5.74, 6) is 2.17. The fourth-order valence-electron chi connectivity index (χ4n) is 4.22. The van der Waals surface area contributed by atoms with Crippen LogP contribution in [0.2, 0.25) is 0 Å². The molecule has 0 aliphatic heterocycles. The quantitative estimate of drug-likeness (QED) is 0.323. The molecule has 0 amide bonds. The number of H-pyrrole nitrogens is 1. The number of likely N-dealkylation sites (N-methyl/N-ethyl adjacent to an activating group) is 1. The fraction of sp³-hybridized carbons (Fsp3) is 0.222. The van der Waals surface area contributed by atoms with Crippen molar-refractivity contribution in [1.82, 2.24) is 9.88 Å². The lowest BCUT2D eigenvalue weighted by atomic mass is 10.1. The van der Waals surface area contributed by atoms with Crippen LogP contribution < -0.4 is 19.6 Å². The van der Waals surface area contributed by atoms with E-state index in [1.165, 1.54) is 0 Å². The second kappa shape index (κ2) is 9.11. The fourth-order valence-corrected chi connectivity index (χ4v) is 4.22. The third-order valence-corrected chi connectivity index (χ3v) is 5.93. The van der Waals surface area contributed by atoms with Gasteiger partial charge in [0.1, 0.15) is 18.1 Å². The van der Waals surface area contributed by atoms with Gasteiger partial charge >= 0.3 is 0 Å². The standard InChI is InChI=1S/C27H28N4O3/c1-31(2)12-13-34-18-10-11-22-21(14-18)25-26(28-22)19-15-23(32-3)24(33-4)16-20(19)27(25)30-29-17-8-6-5-7-9-17/h5-11,14-16,28-29H,12-13H2,1-4H3/b30-27-. The number of para-hydroxylation sites is 1. The number of aromatic nitrogens is 1. The second-order valence-electron chi connectivity index (χ2n) is 8.43. The minimum atomic E-state index is 0.621. The lowest BCUT2D eigenvalue weighted by molar-refractivity contribution is 0.261. The number of anilines is 1. The summed E-state index contributed by atoms with van der Waals surface area (Å²) in [6, 6.07) is 20.0. The molecule has 1 aliphatic carbocycles. The molecular weight excluding hydrogens is 428 g/mol. The van der Waals surface area contributed by atoms with Gasteiger partial charge in [-0.1, -0.05) is 18.2 Å². The molecule has 7 heteroatoms. The minimum Gasteiger partial charge on any atom is -0.493 e. The normalized spacial score (nSPS) is 13.3. The Morgan fingerprint density at radius 1 is 0.912 bits per heavy atom. The molecule has 0 saturated carbocycles. The van der Waals surface area contributed by atoms with Gasteiger partial charge < -0.3 is 24.1 Å². The molecule has 1 heterocycles. The number of rotatable bonds is 8. The van der Waals surface area contributed by atoms with Crippen LogP contribution in [0.5, 0.6) is 17.2 Å². The lowest BCUT2D eigenvalue weighted by Gasteiger charge is -2.12. The van der Waals surface area contributed by atoms with Crippen LogP contribution in [-0.4, -0.2) is 57.1 Å². The van der Waals surface area contributed by atoms with Crippen molar-refractivity contribution in [2.45, 2.75) is 0 Å². The number of hydrazone groups is 1. The third kappa shape index (κ3) is 3.95. The zero-order valence-corrected chi connectivity index (χ0v) is 19.8. The van der Waals surface area contributed by atoms with Crippen molar-refractivity contribution in [3.05, 3.63) is 71.8 Å². The number of benzene rings is 3. The van der Waals surface area contributed by atoms with Gasteiger partial charge in [-0.3, -0.25) is 5.43 Å².